The summed E-state index contributed by atoms with van der Waals surface area (Å²) in [5.41, 5.74) is 0.791. The van der Waals surface area contributed by atoms with Crippen LogP contribution in [0.15, 0.2) is 35.2 Å². The van der Waals surface area contributed by atoms with Gasteiger partial charge in [-0.15, -0.1) is 0 Å². The van der Waals surface area contributed by atoms with E-state index in [4.69, 9.17) is 0 Å². The molecule has 0 bridgehead atoms. The second kappa shape index (κ2) is 7.07. The summed E-state index contributed by atoms with van der Waals surface area (Å²) in [5, 5.41) is 2.97. The van der Waals surface area contributed by atoms with E-state index in [1.165, 1.54) is 37.3 Å². The fraction of sp³-hybridized carbons (Fsp3) is 0.438. The molecule has 1 aromatic rings. The van der Waals surface area contributed by atoms with E-state index in [1.54, 1.807) is 30.3 Å². The average molecular weight is 322 g/mol. The zero-order valence-electron chi connectivity index (χ0n) is 13.0. The highest BCUT2D eigenvalue weighted by Gasteiger charge is 2.17. The second-order valence-electron chi connectivity index (χ2n) is 5.68. The summed E-state index contributed by atoms with van der Waals surface area (Å²) >= 11 is 0. The van der Waals surface area contributed by atoms with Gasteiger partial charge in [-0.05, 0) is 36.6 Å². The van der Waals surface area contributed by atoms with Crippen molar-refractivity contribution < 1.29 is 13.2 Å². The molecule has 1 aliphatic carbocycles. The minimum absolute atomic E-state index is 0.100. The van der Waals surface area contributed by atoms with Crippen molar-refractivity contribution in [2.24, 2.45) is 0 Å². The van der Waals surface area contributed by atoms with Crippen molar-refractivity contribution in [3.8, 4) is 0 Å². The molecule has 1 N–H and O–H groups in total. The van der Waals surface area contributed by atoms with Gasteiger partial charge in [0.25, 0.3) is 0 Å². The number of rotatable bonds is 5. The first-order valence-electron chi connectivity index (χ1n) is 7.41. The topological polar surface area (TPSA) is 66.5 Å². The van der Waals surface area contributed by atoms with E-state index < -0.39 is 10.0 Å². The number of carbonyl (C=O) groups is 1. The molecule has 120 valence electrons. The SMILES string of the molecule is CN(C)S(=O)(=O)c1ccc(/C=C/C(=O)NC2CCCC2)cc1. The fourth-order valence-corrected chi connectivity index (χ4v) is 3.35. The summed E-state index contributed by atoms with van der Waals surface area (Å²) in [4.78, 5) is 12.0. The molecule has 1 aliphatic rings. The third-order valence-electron chi connectivity index (χ3n) is 3.79. The molecule has 0 unspecified atom stereocenters. The van der Waals surface area contributed by atoms with Gasteiger partial charge >= 0.3 is 0 Å². The minimum Gasteiger partial charge on any atom is -0.350 e. The van der Waals surface area contributed by atoms with Crippen molar-refractivity contribution in [2.45, 2.75) is 36.6 Å². The van der Waals surface area contributed by atoms with E-state index in [2.05, 4.69) is 5.32 Å². The van der Waals surface area contributed by atoms with Crippen LogP contribution in [0.3, 0.4) is 0 Å². The zero-order valence-corrected chi connectivity index (χ0v) is 13.8. The molecule has 0 spiro atoms. The van der Waals surface area contributed by atoms with Gasteiger partial charge in [-0.1, -0.05) is 25.0 Å². The summed E-state index contributed by atoms with van der Waals surface area (Å²) in [6.07, 6.45) is 7.64. The van der Waals surface area contributed by atoms with Crippen LogP contribution >= 0.6 is 0 Å². The molecule has 1 amide bonds. The molecule has 2 rings (SSSR count). The maximum absolute atomic E-state index is 11.9. The third-order valence-corrected chi connectivity index (χ3v) is 5.62. The molecular weight excluding hydrogens is 300 g/mol. The van der Waals surface area contributed by atoms with E-state index >= 15 is 0 Å². The Morgan fingerprint density at radius 1 is 1.18 bits per heavy atom. The Kier molecular flexibility index (Phi) is 5.37. The van der Waals surface area contributed by atoms with Gasteiger partial charge in [-0.2, -0.15) is 0 Å². The summed E-state index contributed by atoms with van der Waals surface area (Å²) in [6.45, 7) is 0. The van der Waals surface area contributed by atoms with E-state index in [9.17, 15) is 13.2 Å². The highest BCUT2D eigenvalue weighted by atomic mass is 32.2. The van der Waals surface area contributed by atoms with Gasteiger partial charge in [0.2, 0.25) is 15.9 Å². The molecule has 0 aromatic heterocycles. The predicted octanol–water partition coefficient (Wildman–Crippen LogP) is 2.01. The van der Waals surface area contributed by atoms with Gasteiger partial charge in [-0.3, -0.25) is 4.79 Å². The summed E-state index contributed by atoms with van der Waals surface area (Å²) in [5.74, 6) is -0.100. The Labute approximate surface area is 132 Å². The van der Waals surface area contributed by atoms with Gasteiger partial charge in [0.05, 0.1) is 4.90 Å². The van der Waals surface area contributed by atoms with Crippen molar-refractivity contribution in [1.29, 1.82) is 0 Å². The van der Waals surface area contributed by atoms with Gasteiger partial charge < -0.3 is 5.32 Å². The molecule has 5 nitrogen and oxygen atoms in total. The lowest BCUT2D eigenvalue weighted by Crippen LogP contribution is -2.30. The molecule has 1 fully saturated rings. The number of nitrogens with zero attached hydrogens (tertiary/aromatic N) is 1. The molecule has 6 heteroatoms. The van der Waals surface area contributed by atoms with Crippen LogP contribution < -0.4 is 5.32 Å². The standard InChI is InChI=1S/C16H22N2O3S/c1-18(2)22(20,21)15-10-7-13(8-11-15)9-12-16(19)17-14-5-3-4-6-14/h7-12,14H,3-6H2,1-2H3,(H,17,19)/b12-9+. The number of nitrogens with one attached hydrogen (secondary N) is 1. The number of amides is 1. The number of hydrogen-bond donors (Lipinski definition) is 1. The lowest BCUT2D eigenvalue weighted by atomic mass is 10.2. The maximum Gasteiger partial charge on any atom is 0.244 e. The molecule has 1 aromatic carbocycles. The monoisotopic (exact) mass is 322 g/mol. The van der Waals surface area contributed by atoms with Crippen LogP contribution in [0.1, 0.15) is 31.2 Å². The Balaban J connectivity index is 1.98. The fourth-order valence-electron chi connectivity index (χ4n) is 2.45. The number of hydrogen-bond acceptors (Lipinski definition) is 3. The van der Waals surface area contributed by atoms with Crippen LogP contribution in [-0.4, -0.2) is 38.8 Å². The van der Waals surface area contributed by atoms with Crippen molar-refractivity contribution >= 4 is 22.0 Å². The van der Waals surface area contributed by atoms with Crippen molar-refractivity contribution in [3.63, 3.8) is 0 Å². The van der Waals surface area contributed by atoms with Crippen molar-refractivity contribution in [2.75, 3.05) is 14.1 Å². The lowest BCUT2D eigenvalue weighted by molar-refractivity contribution is -0.117. The Morgan fingerprint density at radius 2 is 1.77 bits per heavy atom. The highest BCUT2D eigenvalue weighted by molar-refractivity contribution is 7.89. The zero-order chi connectivity index (χ0) is 16.2. The van der Waals surface area contributed by atoms with Crippen LogP contribution in [0.4, 0.5) is 0 Å². The summed E-state index contributed by atoms with van der Waals surface area (Å²) < 4.78 is 25.1. The Morgan fingerprint density at radius 3 is 2.32 bits per heavy atom. The Bertz CT molecular complexity index is 642. The molecule has 0 saturated heterocycles. The largest absolute Gasteiger partial charge is 0.350 e. The van der Waals surface area contributed by atoms with E-state index in [0.29, 0.717) is 6.04 Å². The van der Waals surface area contributed by atoms with Crippen LogP contribution in [0.2, 0.25) is 0 Å². The van der Waals surface area contributed by atoms with Gasteiger partial charge in [0, 0.05) is 26.2 Å². The number of sulfonamides is 1. The van der Waals surface area contributed by atoms with Gasteiger partial charge in [0.15, 0.2) is 0 Å². The first-order chi connectivity index (χ1) is 10.4. The van der Waals surface area contributed by atoms with Crippen molar-refractivity contribution in [3.05, 3.63) is 35.9 Å². The number of benzene rings is 1. The van der Waals surface area contributed by atoms with Crippen LogP contribution in [-0.2, 0) is 14.8 Å². The van der Waals surface area contributed by atoms with Gasteiger partial charge in [-0.25, -0.2) is 12.7 Å². The van der Waals surface area contributed by atoms with Gasteiger partial charge in [0.1, 0.15) is 0 Å². The van der Waals surface area contributed by atoms with Crippen LogP contribution in [0.25, 0.3) is 6.08 Å². The van der Waals surface area contributed by atoms with Crippen LogP contribution in [0, 0.1) is 0 Å². The molecule has 0 radical (unpaired) electrons. The number of carbonyl (C=O) groups excluding carboxylic acids is 1. The second-order valence-corrected chi connectivity index (χ2v) is 7.83. The first-order valence-corrected chi connectivity index (χ1v) is 8.85. The van der Waals surface area contributed by atoms with E-state index in [1.807, 2.05) is 0 Å². The Hall–Kier alpha value is -1.66. The molecule has 22 heavy (non-hydrogen) atoms. The normalized spacial score (nSPS) is 16.5. The van der Waals surface area contributed by atoms with Crippen molar-refractivity contribution in [1.82, 2.24) is 9.62 Å². The third kappa shape index (κ3) is 4.18. The lowest BCUT2D eigenvalue weighted by Gasteiger charge is -2.11. The highest BCUT2D eigenvalue weighted by Crippen LogP contribution is 2.18. The maximum atomic E-state index is 11.9. The van der Waals surface area contributed by atoms with E-state index in [0.717, 1.165) is 18.4 Å². The summed E-state index contributed by atoms with van der Waals surface area (Å²) in [6, 6.07) is 6.77. The van der Waals surface area contributed by atoms with Crippen LogP contribution in [0.5, 0.6) is 0 Å². The minimum atomic E-state index is -3.41. The quantitative estimate of drug-likeness (QED) is 0.843. The smallest absolute Gasteiger partial charge is 0.244 e. The molecule has 1 saturated carbocycles. The van der Waals surface area contributed by atoms with E-state index in [-0.39, 0.29) is 10.8 Å². The molecule has 0 heterocycles. The molecule has 0 atom stereocenters. The molecule has 0 aliphatic heterocycles. The summed E-state index contributed by atoms with van der Waals surface area (Å²) in [7, 11) is -0.418. The first kappa shape index (κ1) is 16.7. The molecular formula is C16H22N2O3S. The predicted molar refractivity (Wildman–Crippen MR) is 86.7 cm³/mol. The average Bonchev–Trinajstić information content (AvgIpc) is 2.98.